The highest BCUT2D eigenvalue weighted by Crippen LogP contribution is 2.41. The molecule has 1 aliphatic carbocycles. The number of ketones is 1. The van der Waals surface area contributed by atoms with E-state index in [0.29, 0.717) is 28.7 Å². The Labute approximate surface area is 182 Å². The fraction of sp³-hybridized carbons (Fsp3) is 0.227. The average Bonchev–Trinajstić information content (AvgIpc) is 3.20. The number of fused-ring (bicyclic) bond motifs is 1. The quantitative estimate of drug-likeness (QED) is 0.359. The third kappa shape index (κ3) is 3.72. The molecule has 1 atom stereocenters. The van der Waals surface area contributed by atoms with Gasteiger partial charge in [0.25, 0.3) is 5.69 Å². The van der Waals surface area contributed by atoms with E-state index in [-0.39, 0.29) is 11.5 Å². The number of nitro groups is 1. The van der Waals surface area contributed by atoms with E-state index in [4.69, 9.17) is 0 Å². The summed E-state index contributed by atoms with van der Waals surface area (Å²) >= 11 is 1.51. The van der Waals surface area contributed by atoms with Crippen LogP contribution in [-0.4, -0.2) is 25.5 Å². The van der Waals surface area contributed by atoms with Gasteiger partial charge in [0, 0.05) is 35.6 Å². The summed E-state index contributed by atoms with van der Waals surface area (Å²) in [5.74, 6) is 1.32. The van der Waals surface area contributed by atoms with Crippen LogP contribution in [0.15, 0.2) is 71.0 Å². The fourth-order valence-corrected chi connectivity index (χ4v) is 4.82. The second-order valence-electron chi connectivity index (χ2n) is 7.49. The predicted molar refractivity (Wildman–Crippen MR) is 117 cm³/mol. The second kappa shape index (κ2) is 7.99. The van der Waals surface area contributed by atoms with Crippen molar-refractivity contribution >= 4 is 29.2 Å². The second-order valence-corrected chi connectivity index (χ2v) is 8.43. The van der Waals surface area contributed by atoms with E-state index in [1.54, 1.807) is 16.8 Å². The van der Waals surface area contributed by atoms with Gasteiger partial charge in [-0.05, 0) is 24.0 Å². The standard InChI is InChI=1S/C22H19N5O3S/c28-18-11-5-10-17-19(18)20(15-8-4-9-16(12-15)27(29)30)26-21(23-17)24-22(25-26)31-13-14-6-2-1-3-7-14/h1-4,6-9,12,20H,5,10-11,13H2,(H,23,24,25)/t20-/m0/s1. The Bertz CT molecular complexity index is 1200. The van der Waals surface area contributed by atoms with Gasteiger partial charge in [0.2, 0.25) is 11.1 Å². The number of nitrogens with zero attached hydrogens (tertiary/aromatic N) is 4. The number of anilines is 1. The van der Waals surface area contributed by atoms with E-state index in [1.807, 2.05) is 30.3 Å². The van der Waals surface area contributed by atoms with Crippen LogP contribution in [0.1, 0.15) is 36.4 Å². The van der Waals surface area contributed by atoms with Crippen molar-refractivity contribution in [3.05, 3.63) is 87.1 Å². The molecule has 3 aromatic rings. The first-order valence-corrected chi connectivity index (χ1v) is 11.0. The molecule has 0 saturated carbocycles. The molecule has 9 heteroatoms. The van der Waals surface area contributed by atoms with Crippen LogP contribution < -0.4 is 5.32 Å². The third-order valence-electron chi connectivity index (χ3n) is 5.46. The molecule has 0 radical (unpaired) electrons. The van der Waals surface area contributed by atoms with Gasteiger partial charge in [-0.15, -0.1) is 5.10 Å². The lowest BCUT2D eigenvalue weighted by molar-refractivity contribution is -0.384. The monoisotopic (exact) mass is 433 g/mol. The molecule has 1 aromatic heterocycles. The molecule has 2 aliphatic rings. The predicted octanol–water partition coefficient (Wildman–Crippen LogP) is 4.50. The molecular weight excluding hydrogens is 414 g/mol. The Morgan fingerprint density at radius 2 is 2.00 bits per heavy atom. The summed E-state index contributed by atoms with van der Waals surface area (Å²) in [7, 11) is 0. The van der Waals surface area contributed by atoms with Crippen LogP contribution in [0.2, 0.25) is 0 Å². The minimum atomic E-state index is -0.530. The Kier molecular flexibility index (Phi) is 5.03. The van der Waals surface area contributed by atoms with E-state index in [2.05, 4.69) is 15.4 Å². The van der Waals surface area contributed by atoms with Gasteiger partial charge in [0.1, 0.15) is 6.04 Å². The SMILES string of the molecule is O=C1CCCC2=C1[C@H](c1cccc([N+](=O)[O-])c1)n1nc(SCc3ccccc3)nc1N2. The number of nitro benzene ring substituents is 1. The van der Waals surface area contributed by atoms with Gasteiger partial charge >= 0.3 is 0 Å². The number of hydrogen-bond donors (Lipinski definition) is 1. The van der Waals surface area contributed by atoms with Crippen molar-refractivity contribution in [2.75, 3.05) is 5.32 Å². The summed E-state index contributed by atoms with van der Waals surface area (Å²) in [5, 5.41) is 19.9. The maximum absolute atomic E-state index is 12.9. The Morgan fingerprint density at radius 3 is 2.81 bits per heavy atom. The summed E-state index contributed by atoms with van der Waals surface area (Å²) in [6, 6.07) is 15.9. The number of carbonyl (C=O) groups is 1. The Morgan fingerprint density at radius 1 is 1.16 bits per heavy atom. The minimum Gasteiger partial charge on any atom is -0.328 e. The molecule has 0 saturated heterocycles. The van der Waals surface area contributed by atoms with Crippen LogP contribution in [0.25, 0.3) is 0 Å². The van der Waals surface area contributed by atoms with Crippen molar-refractivity contribution in [1.29, 1.82) is 0 Å². The molecule has 1 aliphatic heterocycles. The zero-order valence-electron chi connectivity index (χ0n) is 16.5. The van der Waals surface area contributed by atoms with Crippen molar-refractivity contribution in [2.24, 2.45) is 0 Å². The topological polar surface area (TPSA) is 103 Å². The molecule has 2 aromatic carbocycles. The first kappa shape index (κ1) is 19.5. The van der Waals surface area contributed by atoms with E-state index in [0.717, 1.165) is 29.9 Å². The minimum absolute atomic E-state index is 0.0122. The number of carbonyl (C=O) groups excluding carboxylic acids is 1. The first-order valence-electron chi connectivity index (χ1n) is 10.0. The summed E-state index contributed by atoms with van der Waals surface area (Å²) in [6.45, 7) is 0. The largest absolute Gasteiger partial charge is 0.328 e. The summed E-state index contributed by atoms with van der Waals surface area (Å²) in [5.41, 5.74) is 3.28. The smallest absolute Gasteiger partial charge is 0.269 e. The lowest BCUT2D eigenvalue weighted by Crippen LogP contribution is -2.31. The average molecular weight is 433 g/mol. The molecule has 0 fully saturated rings. The Hall–Kier alpha value is -3.46. The molecule has 5 rings (SSSR count). The van der Waals surface area contributed by atoms with E-state index >= 15 is 0 Å². The normalized spacial score (nSPS) is 17.7. The molecule has 0 bridgehead atoms. The number of allylic oxidation sites excluding steroid dienone is 2. The van der Waals surface area contributed by atoms with Gasteiger partial charge in [-0.3, -0.25) is 14.9 Å². The lowest BCUT2D eigenvalue weighted by atomic mass is 9.85. The first-order chi connectivity index (χ1) is 15.1. The third-order valence-corrected chi connectivity index (χ3v) is 6.37. The van der Waals surface area contributed by atoms with Gasteiger partial charge < -0.3 is 5.32 Å². The highest BCUT2D eigenvalue weighted by atomic mass is 32.2. The van der Waals surface area contributed by atoms with E-state index in [9.17, 15) is 14.9 Å². The number of benzene rings is 2. The van der Waals surface area contributed by atoms with Crippen LogP contribution in [-0.2, 0) is 10.5 Å². The van der Waals surface area contributed by atoms with Gasteiger partial charge in [-0.2, -0.15) is 4.98 Å². The van der Waals surface area contributed by atoms with Crippen LogP contribution in [0, 0.1) is 10.1 Å². The number of Topliss-reactive ketones (excluding diaryl/α,β-unsaturated/α-hetero) is 1. The number of non-ortho nitro benzene ring substituents is 1. The van der Waals surface area contributed by atoms with Crippen LogP contribution in [0.3, 0.4) is 0 Å². The zero-order chi connectivity index (χ0) is 21.4. The van der Waals surface area contributed by atoms with E-state index in [1.165, 1.54) is 23.9 Å². The zero-order valence-corrected chi connectivity index (χ0v) is 17.3. The molecule has 31 heavy (non-hydrogen) atoms. The van der Waals surface area contributed by atoms with Gasteiger partial charge in [-0.25, -0.2) is 4.68 Å². The van der Waals surface area contributed by atoms with Crippen LogP contribution in [0.5, 0.6) is 0 Å². The highest BCUT2D eigenvalue weighted by Gasteiger charge is 2.37. The van der Waals surface area contributed by atoms with Crippen molar-refractivity contribution in [3.8, 4) is 0 Å². The maximum Gasteiger partial charge on any atom is 0.269 e. The van der Waals surface area contributed by atoms with Crippen molar-refractivity contribution in [3.63, 3.8) is 0 Å². The number of thioether (sulfide) groups is 1. The molecule has 156 valence electrons. The highest BCUT2D eigenvalue weighted by molar-refractivity contribution is 7.98. The van der Waals surface area contributed by atoms with Gasteiger partial charge in [0.05, 0.1) is 4.92 Å². The van der Waals surface area contributed by atoms with Crippen molar-refractivity contribution < 1.29 is 9.72 Å². The number of rotatable bonds is 5. The number of aromatic nitrogens is 3. The molecule has 2 heterocycles. The molecular formula is C22H19N5O3S. The van der Waals surface area contributed by atoms with E-state index < -0.39 is 11.0 Å². The molecule has 0 unspecified atom stereocenters. The number of nitrogens with one attached hydrogen (secondary N) is 1. The van der Waals surface area contributed by atoms with Crippen molar-refractivity contribution in [2.45, 2.75) is 36.2 Å². The van der Waals surface area contributed by atoms with Crippen LogP contribution >= 0.6 is 11.8 Å². The summed E-state index contributed by atoms with van der Waals surface area (Å²) in [4.78, 5) is 28.4. The number of hydrogen-bond acceptors (Lipinski definition) is 7. The van der Waals surface area contributed by atoms with Crippen molar-refractivity contribution in [1.82, 2.24) is 14.8 Å². The fourth-order valence-electron chi connectivity index (χ4n) is 4.04. The summed E-state index contributed by atoms with van der Waals surface area (Å²) < 4.78 is 1.69. The Balaban J connectivity index is 1.54. The lowest BCUT2D eigenvalue weighted by Gasteiger charge is -2.32. The summed E-state index contributed by atoms with van der Waals surface area (Å²) in [6.07, 6.45) is 1.98. The molecule has 0 spiro atoms. The van der Waals surface area contributed by atoms with Gasteiger partial charge in [0.15, 0.2) is 5.78 Å². The molecule has 1 N–H and O–H groups in total. The molecule has 0 amide bonds. The molecule has 8 nitrogen and oxygen atoms in total. The van der Waals surface area contributed by atoms with Gasteiger partial charge in [-0.1, -0.05) is 54.2 Å². The maximum atomic E-state index is 12.9. The van der Waals surface area contributed by atoms with Crippen LogP contribution in [0.4, 0.5) is 11.6 Å².